The summed E-state index contributed by atoms with van der Waals surface area (Å²) in [5, 5.41) is 1.49. The van der Waals surface area contributed by atoms with Crippen LogP contribution in [0.3, 0.4) is 0 Å². The fraction of sp³-hybridized carbons (Fsp3) is 0.0476. The highest BCUT2D eigenvalue weighted by Crippen LogP contribution is 2.39. The fourth-order valence-electron chi connectivity index (χ4n) is 3.09. The quantitative estimate of drug-likeness (QED) is 0.364. The van der Waals surface area contributed by atoms with Crippen molar-refractivity contribution < 1.29 is 18.4 Å². The number of carbonyl (C=O) groups is 1. The number of ether oxygens (including phenoxy) is 1. The average molecular weight is 381 g/mol. The first-order valence-electron chi connectivity index (χ1n) is 8.07. The van der Waals surface area contributed by atoms with Gasteiger partial charge in [0.05, 0.1) is 24.3 Å². The lowest BCUT2D eigenvalue weighted by molar-refractivity contribution is -0.104. The summed E-state index contributed by atoms with van der Waals surface area (Å²) in [4.78, 5) is 23.8. The van der Waals surface area contributed by atoms with Crippen LogP contribution in [0.4, 0.5) is 0 Å². The molecule has 5 nitrogen and oxygen atoms in total. The Labute approximate surface area is 158 Å². The molecule has 0 amide bonds. The summed E-state index contributed by atoms with van der Waals surface area (Å²) in [5.74, 6) is 0.742. The summed E-state index contributed by atoms with van der Waals surface area (Å²) in [6.45, 7) is 0. The number of furan rings is 1. The van der Waals surface area contributed by atoms with E-state index in [1.54, 1.807) is 36.4 Å². The standard InChI is InChI=1S/C21H13ClO5/c1-25-20-15-8-10-26-19(15)14(3-2-9-23)21-18(20)16(24)11-17(27-21)12-4-6-13(22)7-5-12/h2-11H,1H3/b3-2+. The summed E-state index contributed by atoms with van der Waals surface area (Å²) in [6, 6.07) is 10.1. The molecule has 0 radical (unpaired) electrons. The molecule has 0 bridgehead atoms. The van der Waals surface area contributed by atoms with Crippen LogP contribution in [-0.2, 0) is 4.79 Å². The number of methoxy groups -OCH3 is 1. The molecular weight excluding hydrogens is 368 g/mol. The van der Waals surface area contributed by atoms with Gasteiger partial charge in [0.25, 0.3) is 0 Å². The summed E-state index contributed by atoms with van der Waals surface area (Å²) in [5.41, 5.74) is 1.67. The first-order chi connectivity index (χ1) is 13.1. The van der Waals surface area contributed by atoms with Gasteiger partial charge in [-0.05, 0) is 42.5 Å². The number of allylic oxidation sites excluding steroid dienone is 1. The van der Waals surface area contributed by atoms with Crippen LogP contribution >= 0.6 is 11.6 Å². The van der Waals surface area contributed by atoms with E-state index < -0.39 is 0 Å². The number of aldehydes is 1. The minimum atomic E-state index is -0.262. The molecule has 0 fully saturated rings. The Balaban J connectivity index is 2.15. The molecule has 27 heavy (non-hydrogen) atoms. The Kier molecular flexibility index (Phi) is 4.30. The van der Waals surface area contributed by atoms with Crippen LogP contribution in [0.25, 0.3) is 39.3 Å². The van der Waals surface area contributed by atoms with E-state index in [1.165, 1.54) is 25.5 Å². The molecular formula is C21H13ClO5. The van der Waals surface area contributed by atoms with Gasteiger partial charge in [0.15, 0.2) is 11.0 Å². The van der Waals surface area contributed by atoms with E-state index >= 15 is 0 Å². The SMILES string of the molecule is COc1c2ccoc2c(/C=C/C=O)c2oc(-c3ccc(Cl)cc3)cc(=O)c12. The van der Waals surface area contributed by atoms with Crippen molar-refractivity contribution in [3.63, 3.8) is 0 Å². The molecule has 0 atom stereocenters. The van der Waals surface area contributed by atoms with Gasteiger partial charge < -0.3 is 13.6 Å². The first kappa shape index (κ1) is 17.1. The zero-order valence-corrected chi connectivity index (χ0v) is 14.9. The maximum atomic E-state index is 12.9. The molecule has 0 aliphatic heterocycles. The summed E-state index contributed by atoms with van der Waals surface area (Å²) >= 11 is 5.94. The van der Waals surface area contributed by atoms with Crippen molar-refractivity contribution in [2.75, 3.05) is 7.11 Å². The van der Waals surface area contributed by atoms with Crippen molar-refractivity contribution in [1.82, 2.24) is 0 Å². The Morgan fingerprint density at radius 3 is 2.59 bits per heavy atom. The van der Waals surface area contributed by atoms with Crippen LogP contribution in [0.1, 0.15) is 5.56 Å². The molecule has 0 aliphatic rings. The van der Waals surface area contributed by atoms with Crippen molar-refractivity contribution in [2.24, 2.45) is 0 Å². The lowest BCUT2D eigenvalue weighted by atomic mass is 10.0. The van der Waals surface area contributed by atoms with Crippen molar-refractivity contribution in [3.8, 4) is 17.1 Å². The number of hydrogen-bond acceptors (Lipinski definition) is 5. The monoisotopic (exact) mass is 380 g/mol. The highest BCUT2D eigenvalue weighted by Gasteiger charge is 2.21. The lowest BCUT2D eigenvalue weighted by Gasteiger charge is -2.11. The predicted molar refractivity (Wildman–Crippen MR) is 104 cm³/mol. The van der Waals surface area contributed by atoms with Gasteiger partial charge in [-0.2, -0.15) is 0 Å². The van der Waals surface area contributed by atoms with Crippen molar-refractivity contribution in [3.05, 3.63) is 69.5 Å². The molecule has 0 N–H and O–H groups in total. The third-order valence-electron chi connectivity index (χ3n) is 4.25. The average Bonchev–Trinajstić information content (AvgIpc) is 3.15. The number of halogens is 1. The topological polar surface area (TPSA) is 69.7 Å². The predicted octanol–water partition coefficient (Wildman–Crippen LogP) is 5.08. The van der Waals surface area contributed by atoms with E-state index in [0.717, 1.165) is 0 Å². The van der Waals surface area contributed by atoms with Gasteiger partial charge in [0.2, 0.25) is 0 Å². The molecule has 2 aromatic carbocycles. The molecule has 134 valence electrons. The van der Waals surface area contributed by atoms with E-state index in [4.69, 9.17) is 25.2 Å². The van der Waals surface area contributed by atoms with Gasteiger partial charge >= 0.3 is 0 Å². The molecule has 2 aromatic heterocycles. The van der Waals surface area contributed by atoms with Crippen LogP contribution in [0.15, 0.2) is 62.4 Å². The maximum Gasteiger partial charge on any atom is 0.197 e. The summed E-state index contributed by atoms with van der Waals surface area (Å²) < 4.78 is 17.1. The zero-order valence-electron chi connectivity index (χ0n) is 14.2. The van der Waals surface area contributed by atoms with E-state index in [1.807, 2.05) is 0 Å². The smallest absolute Gasteiger partial charge is 0.197 e. The number of benzene rings is 2. The molecule has 4 aromatic rings. The van der Waals surface area contributed by atoms with Gasteiger partial charge in [-0.3, -0.25) is 9.59 Å². The highest BCUT2D eigenvalue weighted by molar-refractivity contribution is 6.30. The van der Waals surface area contributed by atoms with Crippen LogP contribution in [0.5, 0.6) is 5.75 Å². The molecule has 4 rings (SSSR count). The second-order valence-electron chi connectivity index (χ2n) is 5.79. The van der Waals surface area contributed by atoms with Crippen LogP contribution < -0.4 is 10.2 Å². The van der Waals surface area contributed by atoms with Crippen LogP contribution in [-0.4, -0.2) is 13.4 Å². The molecule has 6 heteroatoms. The Bertz CT molecular complexity index is 1250. The molecule has 0 saturated heterocycles. The van der Waals surface area contributed by atoms with Gasteiger partial charge in [-0.25, -0.2) is 0 Å². The van der Waals surface area contributed by atoms with Crippen LogP contribution in [0, 0.1) is 0 Å². The van der Waals surface area contributed by atoms with E-state index in [2.05, 4.69) is 0 Å². The minimum Gasteiger partial charge on any atom is -0.495 e. The zero-order chi connectivity index (χ0) is 19.0. The number of carbonyl (C=O) groups excluding carboxylic acids is 1. The molecule has 0 spiro atoms. The second-order valence-corrected chi connectivity index (χ2v) is 6.23. The van der Waals surface area contributed by atoms with Gasteiger partial charge in [0, 0.05) is 16.7 Å². The summed E-state index contributed by atoms with van der Waals surface area (Å²) in [7, 11) is 1.48. The van der Waals surface area contributed by atoms with E-state index in [9.17, 15) is 9.59 Å². The highest BCUT2D eigenvalue weighted by atomic mass is 35.5. The van der Waals surface area contributed by atoms with Gasteiger partial charge in [-0.1, -0.05) is 11.6 Å². The molecule has 2 heterocycles. The van der Waals surface area contributed by atoms with Crippen molar-refractivity contribution >= 4 is 45.9 Å². The number of rotatable bonds is 4. The normalized spacial score (nSPS) is 11.5. The third-order valence-corrected chi connectivity index (χ3v) is 4.50. The molecule has 0 unspecified atom stereocenters. The first-order valence-corrected chi connectivity index (χ1v) is 8.44. The van der Waals surface area contributed by atoms with Crippen molar-refractivity contribution in [2.45, 2.75) is 0 Å². The largest absolute Gasteiger partial charge is 0.495 e. The fourth-order valence-corrected chi connectivity index (χ4v) is 3.21. The Hall–Kier alpha value is -3.31. The van der Waals surface area contributed by atoms with E-state index in [0.29, 0.717) is 44.9 Å². The Morgan fingerprint density at radius 1 is 1.11 bits per heavy atom. The molecule has 0 aliphatic carbocycles. The van der Waals surface area contributed by atoms with E-state index in [-0.39, 0.29) is 16.4 Å². The summed E-state index contributed by atoms with van der Waals surface area (Å²) in [6.07, 6.45) is 5.01. The van der Waals surface area contributed by atoms with Gasteiger partial charge in [0.1, 0.15) is 28.8 Å². The van der Waals surface area contributed by atoms with Gasteiger partial charge in [-0.15, -0.1) is 0 Å². The lowest BCUT2D eigenvalue weighted by Crippen LogP contribution is -2.04. The number of hydrogen-bond donors (Lipinski definition) is 0. The maximum absolute atomic E-state index is 12.9. The van der Waals surface area contributed by atoms with Crippen molar-refractivity contribution in [1.29, 1.82) is 0 Å². The Morgan fingerprint density at radius 2 is 1.89 bits per heavy atom. The molecule has 0 saturated carbocycles. The second kappa shape index (κ2) is 6.78. The van der Waals surface area contributed by atoms with Crippen LogP contribution in [0.2, 0.25) is 5.02 Å². The minimum absolute atomic E-state index is 0.262. The third kappa shape index (κ3) is 2.82. The number of fused-ring (bicyclic) bond motifs is 2.